The van der Waals surface area contributed by atoms with Crippen molar-refractivity contribution in [3.8, 4) is 11.5 Å². The molecule has 1 N–H and O–H groups in total. The summed E-state index contributed by atoms with van der Waals surface area (Å²) in [5, 5.41) is 1.02. The minimum atomic E-state index is -0.744. The minimum absolute atomic E-state index is 0.0583. The van der Waals surface area contributed by atoms with E-state index in [1.807, 2.05) is 6.20 Å². The second-order valence-electron chi connectivity index (χ2n) is 9.95. The zero-order valence-corrected chi connectivity index (χ0v) is 22.1. The quantitative estimate of drug-likeness (QED) is 0.490. The number of ether oxygens (including phenoxy) is 3. The number of fused-ring (bicyclic) bond motifs is 3. The highest BCUT2D eigenvalue weighted by Gasteiger charge is 2.37. The number of methoxy groups -OCH3 is 2. The number of pyridine rings is 1. The summed E-state index contributed by atoms with van der Waals surface area (Å²) in [6.45, 7) is 7.05. The average molecular weight is 526 g/mol. The fourth-order valence-corrected chi connectivity index (χ4v) is 5.73. The van der Waals surface area contributed by atoms with Crippen molar-refractivity contribution in [2.45, 2.75) is 39.3 Å². The number of aromatic amines is 1. The third-order valence-electron chi connectivity index (χ3n) is 7.78. The van der Waals surface area contributed by atoms with E-state index in [9.17, 15) is 0 Å². The summed E-state index contributed by atoms with van der Waals surface area (Å²) < 4.78 is 47.5. The first-order valence-corrected chi connectivity index (χ1v) is 13.2. The van der Waals surface area contributed by atoms with Gasteiger partial charge in [0.15, 0.2) is 23.1 Å². The molecule has 0 unspecified atom stereocenters. The number of hydrogen-bond donors (Lipinski definition) is 1. The fraction of sp³-hybridized carbons (Fsp3) is 0.464. The van der Waals surface area contributed by atoms with Gasteiger partial charge in [-0.2, -0.15) is 0 Å². The first kappa shape index (κ1) is 24.9. The van der Waals surface area contributed by atoms with Gasteiger partial charge in [0.05, 0.1) is 39.7 Å². The maximum atomic E-state index is 15.7. The SMILES string of the molecule is CCN1C(=C2CCC2)N(c2c(F)c(OC)cc(OC)c2F)Cc2cnc3[nH]c(CN4CCOCC4)cc3c21. The van der Waals surface area contributed by atoms with Gasteiger partial charge in [0, 0.05) is 55.1 Å². The summed E-state index contributed by atoms with van der Waals surface area (Å²) >= 11 is 0. The van der Waals surface area contributed by atoms with Crippen LogP contribution in [0.5, 0.6) is 11.5 Å². The Bertz CT molecular complexity index is 1360. The van der Waals surface area contributed by atoms with E-state index < -0.39 is 11.6 Å². The Balaban J connectivity index is 1.49. The van der Waals surface area contributed by atoms with Crippen LogP contribution in [0.15, 0.2) is 29.7 Å². The van der Waals surface area contributed by atoms with Crippen molar-refractivity contribution in [2.75, 3.05) is 56.9 Å². The second kappa shape index (κ2) is 10.1. The van der Waals surface area contributed by atoms with Gasteiger partial charge in [-0.3, -0.25) is 4.90 Å². The molecule has 1 saturated carbocycles. The molecule has 0 atom stereocenters. The lowest BCUT2D eigenvalue weighted by atomic mass is 9.90. The zero-order valence-electron chi connectivity index (χ0n) is 22.1. The van der Waals surface area contributed by atoms with Gasteiger partial charge in [-0.15, -0.1) is 0 Å². The summed E-state index contributed by atoms with van der Waals surface area (Å²) in [6.07, 6.45) is 4.66. The maximum absolute atomic E-state index is 15.7. The third kappa shape index (κ3) is 4.06. The Hall–Kier alpha value is -3.37. The van der Waals surface area contributed by atoms with Crippen molar-refractivity contribution < 1.29 is 23.0 Å². The molecule has 202 valence electrons. The lowest BCUT2D eigenvalue weighted by Crippen LogP contribution is -2.43. The summed E-state index contributed by atoms with van der Waals surface area (Å²) in [6, 6.07) is 3.43. The lowest BCUT2D eigenvalue weighted by molar-refractivity contribution is 0.0337. The van der Waals surface area contributed by atoms with Crippen LogP contribution in [0, 0.1) is 11.6 Å². The van der Waals surface area contributed by atoms with Gasteiger partial charge < -0.3 is 29.0 Å². The molecule has 4 heterocycles. The molecule has 3 aliphatic rings. The van der Waals surface area contributed by atoms with E-state index in [-0.39, 0.29) is 23.7 Å². The van der Waals surface area contributed by atoms with Crippen LogP contribution in [0.4, 0.5) is 20.2 Å². The normalized spacial score (nSPS) is 18.1. The van der Waals surface area contributed by atoms with Gasteiger partial charge in [0.25, 0.3) is 0 Å². The van der Waals surface area contributed by atoms with Gasteiger partial charge >= 0.3 is 0 Å². The zero-order chi connectivity index (χ0) is 26.4. The van der Waals surface area contributed by atoms with E-state index >= 15 is 8.78 Å². The molecule has 8 nitrogen and oxygen atoms in total. The molecule has 2 fully saturated rings. The number of H-pyrrole nitrogens is 1. The molecule has 6 rings (SSSR count). The maximum Gasteiger partial charge on any atom is 0.191 e. The molecule has 1 aliphatic carbocycles. The highest BCUT2D eigenvalue weighted by Crippen LogP contribution is 2.47. The number of benzene rings is 1. The van der Waals surface area contributed by atoms with Crippen LogP contribution >= 0.6 is 0 Å². The van der Waals surface area contributed by atoms with E-state index in [4.69, 9.17) is 19.2 Å². The average Bonchev–Trinajstić information content (AvgIpc) is 3.31. The van der Waals surface area contributed by atoms with Gasteiger partial charge in [-0.1, -0.05) is 0 Å². The molecule has 2 aliphatic heterocycles. The Morgan fingerprint density at radius 2 is 1.74 bits per heavy atom. The van der Waals surface area contributed by atoms with E-state index in [0.29, 0.717) is 6.54 Å². The van der Waals surface area contributed by atoms with Crippen LogP contribution in [0.25, 0.3) is 11.0 Å². The summed E-state index contributed by atoms with van der Waals surface area (Å²) in [4.78, 5) is 14.5. The Labute approximate surface area is 220 Å². The molecular weight excluding hydrogens is 492 g/mol. The number of halogens is 2. The standard InChI is InChI=1S/C28H33F2N5O3/c1-4-34-25-18(14-31-27-20(25)12-19(32-27)16-33-8-10-38-11-9-33)15-35(28(34)17-6-5-7-17)26-23(29)21(36-2)13-22(37-3)24(26)30/h12-14H,4-11,15-16H2,1-3H3,(H,31,32). The van der Waals surface area contributed by atoms with Crippen LogP contribution in [0.3, 0.4) is 0 Å². The monoisotopic (exact) mass is 525 g/mol. The molecular formula is C28H33F2N5O3. The number of nitrogens with zero attached hydrogens (tertiary/aromatic N) is 4. The number of anilines is 2. The summed E-state index contributed by atoms with van der Waals surface area (Å²) in [5.41, 5.74) is 4.88. The van der Waals surface area contributed by atoms with Gasteiger partial charge in [-0.05, 0) is 37.8 Å². The molecule has 1 aromatic carbocycles. The molecule has 0 amide bonds. The van der Waals surface area contributed by atoms with Gasteiger partial charge in [-0.25, -0.2) is 13.8 Å². The first-order valence-electron chi connectivity index (χ1n) is 13.2. The van der Waals surface area contributed by atoms with E-state index in [1.54, 1.807) is 4.90 Å². The van der Waals surface area contributed by atoms with Crippen molar-refractivity contribution in [3.63, 3.8) is 0 Å². The molecule has 38 heavy (non-hydrogen) atoms. The van der Waals surface area contributed by atoms with Crippen LogP contribution in [-0.4, -0.2) is 61.9 Å². The molecule has 0 spiro atoms. The van der Waals surface area contributed by atoms with Crippen molar-refractivity contribution in [2.24, 2.45) is 0 Å². The Morgan fingerprint density at radius 3 is 2.34 bits per heavy atom. The van der Waals surface area contributed by atoms with E-state index in [0.717, 1.165) is 85.9 Å². The highest BCUT2D eigenvalue weighted by atomic mass is 19.1. The van der Waals surface area contributed by atoms with Crippen molar-refractivity contribution in [3.05, 3.63) is 52.6 Å². The number of aromatic nitrogens is 2. The largest absolute Gasteiger partial charge is 0.493 e. The minimum Gasteiger partial charge on any atom is -0.493 e. The van der Waals surface area contributed by atoms with Crippen molar-refractivity contribution >= 4 is 22.4 Å². The third-order valence-corrected chi connectivity index (χ3v) is 7.78. The summed E-state index contributed by atoms with van der Waals surface area (Å²) in [5.74, 6) is -0.769. The second-order valence-corrected chi connectivity index (χ2v) is 9.95. The van der Waals surface area contributed by atoms with Crippen molar-refractivity contribution in [1.29, 1.82) is 0 Å². The Kier molecular flexibility index (Phi) is 6.61. The van der Waals surface area contributed by atoms with Crippen LogP contribution in [0.1, 0.15) is 37.4 Å². The molecule has 0 bridgehead atoms. The highest BCUT2D eigenvalue weighted by molar-refractivity contribution is 5.95. The number of hydrogen-bond acceptors (Lipinski definition) is 7. The molecule has 2 aromatic heterocycles. The Morgan fingerprint density at radius 1 is 1.03 bits per heavy atom. The van der Waals surface area contributed by atoms with Crippen molar-refractivity contribution in [1.82, 2.24) is 14.9 Å². The van der Waals surface area contributed by atoms with Crippen LogP contribution < -0.4 is 19.3 Å². The molecule has 0 radical (unpaired) electrons. The fourth-order valence-electron chi connectivity index (χ4n) is 5.73. The van der Waals surface area contributed by atoms with E-state index in [2.05, 4.69) is 27.8 Å². The number of nitrogens with one attached hydrogen (secondary N) is 1. The molecule has 3 aromatic rings. The lowest BCUT2D eigenvalue weighted by Gasteiger charge is -2.44. The topological polar surface area (TPSA) is 66.1 Å². The smallest absolute Gasteiger partial charge is 0.191 e. The number of morpholine rings is 1. The van der Waals surface area contributed by atoms with E-state index in [1.165, 1.54) is 25.9 Å². The van der Waals surface area contributed by atoms with Crippen LogP contribution in [0.2, 0.25) is 0 Å². The van der Waals surface area contributed by atoms with Gasteiger partial charge in [0.1, 0.15) is 17.2 Å². The summed E-state index contributed by atoms with van der Waals surface area (Å²) in [7, 11) is 2.74. The first-order chi connectivity index (χ1) is 18.5. The number of allylic oxidation sites excluding steroid dienone is 1. The predicted molar refractivity (Wildman–Crippen MR) is 142 cm³/mol. The molecule has 10 heteroatoms. The number of rotatable bonds is 6. The molecule has 1 saturated heterocycles. The van der Waals surface area contributed by atoms with Gasteiger partial charge in [0.2, 0.25) is 0 Å². The predicted octanol–water partition coefficient (Wildman–Crippen LogP) is 4.93. The van der Waals surface area contributed by atoms with Crippen LogP contribution in [-0.2, 0) is 17.8 Å².